The van der Waals surface area contributed by atoms with E-state index in [1.165, 1.54) is 11.1 Å². The molecule has 0 saturated carbocycles. The normalized spacial score (nSPS) is 13.0. The Balaban J connectivity index is 1.46. The molecule has 2 aromatic carbocycles. The number of ether oxygens (including phenoxy) is 1. The zero-order valence-corrected chi connectivity index (χ0v) is 21.0. The lowest BCUT2D eigenvalue weighted by Crippen LogP contribution is -2.45. The summed E-state index contributed by atoms with van der Waals surface area (Å²) < 4.78 is 5.56. The van der Waals surface area contributed by atoms with E-state index in [0.29, 0.717) is 19.4 Å². The molecule has 0 saturated heterocycles. The van der Waals surface area contributed by atoms with Gasteiger partial charge in [0.15, 0.2) is 0 Å². The third-order valence-electron chi connectivity index (χ3n) is 6.74. The van der Waals surface area contributed by atoms with Crippen LogP contribution in [0.1, 0.15) is 64.0 Å². The topological polar surface area (TPSA) is 105 Å². The molecule has 0 aliphatic heterocycles. The molecule has 1 aliphatic carbocycles. The molecule has 2 amide bonds. The van der Waals surface area contributed by atoms with Crippen molar-refractivity contribution in [2.75, 3.05) is 19.7 Å². The molecule has 2 aromatic rings. The molecule has 0 bridgehead atoms. The predicted octanol–water partition coefficient (Wildman–Crippen LogP) is 4.95. The van der Waals surface area contributed by atoms with Crippen LogP contribution < -0.4 is 10.6 Å². The Kier molecular flexibility index (Phi) is 8.20. The van der Waals surface area contributed by atoms with Crippen molar-refractivity contribution in [3.05, 3.63) is 59.7 Å². The molecule has 0 fully saturated rings. The highest BCUT2D eigenvalue weighted by Crippen LogP contribution is 2.44. The van der Waals surface area contributed by atoms with Crippen molar-refractivity contribution in [2.45, 2.75) is 52.9 Å². The van der Waals surface area contributed by atoms with Crippen molar-refractivity contribution in [3.8, 4) is 11.1 Å². The van der Waals surface area contributed by atoms with E-state index in [1.54, 1.807) is 13.8 Å². The summed E-state index contributed by atoms with van der Waals surface area (Å²) in [6.07, 6.45) is 0.770. The lowest BCUT2D eigenvalue weighted by atomic mass is 9.84. The molecule has 0 atom stereocenters. The molecule has 0 unspecified atom stereocenters. The fraction of sp³-hybridized carbons (Fsp3) is 0.464. The first-order valence-electron chi connectivity index (χ1n) is 12.1. The number of carboxylic acids is 1. The predicted molar refractivity (Wildman–Crippen MR) is 135 cm³/mol. The third-order valence-corrected chi connectivity index (χ3v) is 6.74. The first kappa shape index (κ1) is 26.3. The van der Waals surface area contributed by atoms with Crippen LogP contribution in [0.15, 0.2) is 48.5 Å². The van der Waals surface area contributed by atoms with Crippen LogP contribution in [0.25, 0.3) is 11.1 Å². The van der Waals surface area contributed by atoms with Gasteiger partial charge in [-0.2, -0.15) is 0 Å². The van der Waals surface area contributed by atoms with Crippen molar-refractivity contribution in [3.63, 3.8) is 0 Å². The smallest absolute Gasteiger partial charge is 0.407 e. The highest BCUT2D eigenvalue weighted by Gasteiger charge is 2.31. The Bertz CT molecular complexity index is 1030. The Labute approximate surface area is 207 Å². The summed E-state index contributed by atoms with van der Waals surface area (Å²) in [5.41, 5.74) is 3.62. The van der Waals surface area contributed by atoms with Crippen molar-refractivity contribution in [2.24, 2.45) is 10.8 Å². The van der Waals surface area contributed by atoms with Crippen LogP contribution in [-0.4, -0.2) is 42.8 Å². The fourth-order valence-electron chi connectivity index (χ4n) is 4.35. The van der Waals surface area contributed by atoms with Crippen LogP contribution in [0.2, 0.25) is 0 Å². The van der Waals surface area contributed by atoms with Crippen LogP contribution in [0.4, 0.5) is 4.79 Å². The molecule has 188 valence electrons. The second-order valence-electron chi connectivity index (χ2n) is 10.6. The maximum atomic E-state index is 12.7. The van der Waals surface area contributed by atoms with Gasteiger partial charge in [-0.25, -0.2) is 4.79 Å². The standard InChI is InChI=1S/C28H36N2O5/c1-27(2,14-13-24(31)32)15-16-29-25(33)28(3,4)18-30-26(34)35-17-23-21-11-7-5-9-19(21)20-10-6-8-12-22(20)23/h5-12,23H,13-18H2,1-4H3,(H,29,33)(H,30,34)(H,31,32). The van der Waals surface area contributed by atoms with Crippen LogP contribution in [0.3, 0.4) is 0 Å². The number of carbonyl (C=O) groups is 3. The molecular weight excluding hydrogens is 444 g/mol. The van der Waals surface area contributed by atoms with Gasteiger partial charge in [-0.1, -0.05) is 62.4 Å². The van der Waals surface area contributed by atoms with Gasteiger partial charge in [-0.05, 0) is 54.4 Å². The fourth-order valence-corrected chi connectivity index (χ4v) is 4.35. The monoisotopic (exact) mass is 480 g/mol. The van der Waals surface area contributed by atoms with E-state index in [4.69, 9.17) is 9.84 Å². The maximum Gasteiger partial charge on any atom is 0.407 e. The minimum absolute atomic E-state index is 0.0195. The van der Waals surface area contributed by atoms with Crippen LogP contribution in [0, 0.1) is 10.8 Å². The van der Waals surface area contributed by atoms with Crippen LogP contribution >= 0.6 is 0 Å². The summed E-state index contributed by atoms with van der Waals surface area (Å²) in [6, 6.07) is 16.3. The van der Waals surface area contributed by atoms with Gasteiger partial charge in [0, 0.05) is 25.4 Å². The molecule has 35 heavy (non-hydrogen) atoms. The van der Waals surface area contributed by atoms with Gasteiger partial charge in [0.2, 0.25) is 5.91 Å². The maximum absolute atomic E-state index is 12.7. The van der Waals surface area contributed by atoms with E-state index in [-0.39, 0.29) is 36.8 Å². The quantitative estimate of drug-likeness (QED) is 0.422. The largest absolute Gasteiger partial charge is 0.481 e. The van der Waals surface area contributed by atoms with E-state index >= 15 is 0 Å². The highest BCUT2D eigenvalue weighted by atomic mass is 16.5. The second-order valence-corrected chi connectivity index (χ2v) is 10.6. The van der Waals surface area contributed by atoms with Gasteiger partial charge < -0.3 is 20.5 Å². The first-order valence-corrected chi connectivity index (χ1v) is 12.1. The lowest BCUT2D eigenvalue weighted by molar-refractivity contribution is -0.137. The molecule has 3 N–H and O–H groups in total. The van der Waals surface area contributed by atoms with E-state index < -0.39 is 17.5 Å². The SMILES string of the molecule is CC(C)(CCNC(=O)C(C)(C)CNC(=O)OCC1c2ccccc2-c2ccccc21)CCC(=O)O. The zero-order valence-electron chi connectivity index (χ0n) is 21.0. The number of amides is 2. The third kappa shape index (κ3) is 6.84. The van der Waals surface area contributed by atoms with Gasteiger partial charge in [-0.15, -0.1) is 0 Å². The summed E-state index contributed by atoms with van der Waals surface area (Å²) in [5.74, 6) is -1.01. The number of nitrogens with one attached hydrogen (secondary N) is 2. The number of hydrogen-bond donors (Lipinski definition) is 3. The van der Waals surface area contributed by atoms with Gasteiger partial charge in [0.05, 0.1) is 5.41 Å². The van der Waals surface area contributed by atoms with Gasteiger partial charge >= 0.3 is 12.1 Å². The summed E-state index contributed by atoms with van der Waals surface area (Å²) in [5, 5.41) is 14.5. The van der Waals surface area contributed by atoms with E-state index in [2.05, 4.69) is 34.9 Å². The number of carbonyl (C=O) groups excluding carboxylic acids is 2. The lowest BCUT2D eigenvalue weighted by Gasteiger charge is -2.27. The number of alkyl carbamates (subject to hydrolysis) is 1. The number of fused-ring (bicyclic) bond motifs is 3. The number of aliphatic carboxylic acids is 1. The Morgan fingerprint density at radius 3 is 2.03 bits per heavy atom. The van der Waals surface area contributed by atoms with Gasteiger partial charge in [-0.3, -0.25) is 9.59 Å². The summed E-state index contributed by atoms with van der Waals surface area (Å²) >= 11 is 0. The van der Waals surface area contributed by atoms with Crippen LogP contribution in [0.5, 0.6) is 0 Å². The van der Waals surface area contributed by atoms with Crippen molar-refractivity contribution in [1.29, 1.82) is 0 Å². The van der Waals surface area contributed by atoms with Gasteiger partial charge in [0.25, 0.3) is 0 Å². The first-order chi connectivity index (χ1) is 16.5. The van der Waals surface area contributed by atoms with E-state index in [9.17, 15) is 14.4 Å². The molecule has 3 rings (SSSR count). The average Bonchev–Trinajstić information content (AvgIpc) is 3.14. The number of hydrogen-bond acceptors (Lipinski definition) is 4. The summed E-state index contributed by atoms with van der Waals surface area (Å²) in [7, 11) is 0. The van der Waals surface area contributed by atoms with E-state index in [1.807, 2.05) is 38.1 Å². The number of carboxylic acid groups (broad SMARTS) is 1. The van der Waals surface area contributed by atoms with Gasteiger partial charge in [0.1, 0.15) is 6.61 Å². The molecule has 0 radical (unpaired) electrons. The highest BCUT2D eigenvalue weighted by molar-refractivity contribution is 5.83. The molecule has 7 nitrogen and oxygen atoms in total. The average molecular weight is 481 g/mol. The van der Waals surface area contributed by atoms with Crippen molar-refractivity contribution < 1.29 is 24.2 Å². The second kappa shape index (κ2) is 10.9. The molecule has 0 heterocycles. The summed E-state index contributed by atoms with van der Waals surface area (Å²) in [4.78, 5) is 35.9. The molecular formula is C28H36N2O5. The molecule has 1 aliphatic rings. The Hall–Kier alpha value is -3.35. The molecule has 0 spiro atoms. The molecule has 0 aromatic heterocycles. The Morgan fingerprint density at radius 1 is 0.886 bits per heavy atom. The van der Waals surface area contributed by atoms with Crippen molar-refractivity contribution >= 4 is 18.0 Å². The minimum atomic E-state index is -0.823. The molecule has 7 heteroatoms. The Morgan fingerprint density at radius 2 is 1.46 bits per heavy atom. The number of rotatable bonds is 11. The van der Waals surface area contributed by atoms with Crippen molar-refractivity contribution in [1.82, 2.24) is 10.6 Å². The number of benzene rings is 2. The minimum Gasteiger partial charge on any atom is -0.481 e. The zero-order chi connectivity index (χ0) is 25.6. The van der Waals surface area contributed by atoms with Crippen LogP contribution in [-0.2, 0) is 14.3 Å². The summed E-state index contributed by atoms with van der Waals surface area (Å²) in [6.45, 7) is 8.32. The van der Waals surface area contributed by atoms with E-state index in [0.717, 1.165) is 11.1 Å².